The summed E-state index contributed by atoms with van der Waals surface area (Å²) in [5, 5.41) is 6.05. The molecule has 0 radical (unpaired) electrons. The lowest BCUT2D eigenvalue weighted by Crippen LogP contribution is -2.26. The quantitative estimate of drug-likeness (QED) is 0.887. The molecule has 0 fully saturated rings. The van der Waals surface area contributed by atoms with E-state index in [1.807, 2.05) is 51.2 Å². The van der Waals surface area contributed by atoms with E-state index >= 15 is 0 Å². The van der Waals surface area contributed by atoms with Gasteiger partial charge in [0.1, 0.15) is 0 Å². The summed E-state index contributed by atoms with van der Waals surface area (Å²) in [6, 6.07) is 9.45. The van der Waals surface area contributed by atoms with Crippen molar-refractivity contribution in [2.24, 2.45) is 0 Å². The Morgan fingerprint density at radius 1 is 1.30 bits per heavy atom. The molecule has 0 saturated carbocycles. The summed E-state index contributed by atoms with van der Waals surface area (Å²) in [6.45, 7) is 3.95. The maximum atomic E-state index is 12.3. The Bertz CT molecular complexity index is 624. The Hall–Kier alpha value is -1.52. The Kier molecular flexibility index (Phi) is 4.68. The third kappa shape index (κ3) is 3.32. The van der Waals surface area contributed by atoms with Gasteiger partial charge in [-0.3, -0.25) is 4.79 Å². The number of carbonyl (C=O) groups excluding carboxylic acids is 1. The molecule has 0 aliphatic rings. The second-order valence-electron chi connectivity index (χ2n) is 4.64. The van der Waals surface area contributed by atoms with Gasteiger partial charge in [0.15, 0.2) is 0 Å². The first kappa shape index (κ1) is 14.9. The van der Waals surface area contributed by atoms with Crippen molar-refractivity contribution in [2.75, 3.05) is 12.4 Å². The SMILES string of the molecule is CNc1cc(C)ccc1C(=O)NC(C)c1ccc(Cl)s1. The van der Waals surface area contributed by atoms with Crippen molar-refractivity contribution in [3.63, 3.8) is 0 Å². The summed E-state index contributed by atoms with van der Waals surface area (Å²) in [5.74, 6) is -0.0913. The lowest BCUT2D eigenvalue weighted by atomic mass is 10.1. The first-order valence-corrected chi connectivity index (χ1v) is 7.55. The minimum Gasteiger partial charge on any atom is -0.387 e. The first-order chi connectivity index (χ1) is 9.51. The van der Waals surface area contributed by atoms with Crippen LogP contribution in [0.1, 0.15) is 33.8 Å². The van der Waals surface area contributed by atoms with Crippen molar-refractivity contribution in [2.45, 2.75) is 19.9 Å². The summed E-state index contributed by atoms with van der Waals surface area (Å²) in [7, 11) is 1.81. The molecular weight excluding hydrogens is 292 g/mol. The predicted molar refractivity (Wildman–Crippen MR) is 85.9 cm³/mol. The van der Waals surface area contributed by atoms with Crippen molar-refractivity contribution in [1.82, 2.24) is 5.32 Å². The van der Waals surface area contributed by atoms with Crippen LogP contribution in [-0.4, -0.2) is 13.0 Å². The van der Waals surface area contributed by atoms with Crippen molar-refractivity contribution in [3.05, 3.63) is 50.7 Å². The number of nitrogens with one attached hydrogen (secondary N) is 2. The Labute approximate surface area is 128 Å². The van der Waals surface area contributed by atoms with Gasteiger partial charge in [0.25, 0.3) is 5.91 Å². The maximum Gasteiger partial charge on any atom is 0.253 e. The van der Waals surface area contributed by atoms with E-state index in [1.54, 1.807) is 0 Å². The van der Waals surface area contributed by atoms with Crippen LogP contribution in [0.2, 0.25) is 4.34 Å². The van der Waals surface area contributed by atoms with Crippen LogP contribution in [0, 0.1) is 6.92 Å². The summed E-state index contributed by atoms with van der Waals surface area (Å²) >= 11 is 7.40. The Balaban J connectivity index is 2.16. The van der Waals surface area contributed by atoms with Crippen LogP contribution in [0.15, 0.2) is 30.3 Å². The zero-order valence-electron chi connectivity index (χ0n) is 11.7. The van der Waals surface area contributed by atoms with Crippen molar-refractivity contribution >= 4 is 34.5 Å². The van der Waals surface area contributed by atoms with E-state index < -0.39 is 0 Å². The zero-order chi connectivity index (χ0) is 14.7. The molecule has 106 valence electrons. The minimum absolute atomic E-state index is 0.0639. The van der Waals surface area contributed by atoms with Gasteiger partial charge in [-0.1, -0.05) is 17.7 Å². The van der Waals surface area contributed by atoms with E-state index in [-0.39, 0.29) is 11.9 Å². The van der Waals surface area contributed by atoms with Crippen molar-refractivity contribution in [1.29, 1.82) is 0 Å². The van der Waals surface area contributed by atoms with E-state index in [0.717, 1.165) is 20.5 Å². The first-order valence-electron chi connectivity index (χ1n) is 6.35. The lowest BCUT2D eigenvalue weighted by molar-refractivity contribution is 0.0941. The summed E-state index contributed by atoms with van der Waals surface area (Å²) in [4.78, 5) is 13.4. The monoisotopic (exact) mass is 308 g/mol. The van der Waals surface area contributed by atoms with Crippen LogP contribution < -0.4 is 10.6 Å². The summed E-state index contributed by atoms with van der Waals surface area (Å²) in [5.41, 5.74) is 2.59. The molecule has 0 aliphatic carbocycles. The number of amides is 1. The maximum absolute atomic E-state index is 12.3. The highest BCUT2D eigenvalue weighted by Gasteiger charge is 2.15. The van der Waals surface area contributed by atoms with Crippen LogP contribution in [0.3, 0.4) is 0 Å². The minimum atomic E-state index is -0.0913. The number of aryl methyl sites for hydroxylation is 1. The molecule has 0 bridgehead atoms. The van der Waals surface area contributed by atoms with Gasteiger partial charge in [0.05, 0.1) is 15.9 Å². The summed E-state index contributed by atoms with van der Waals surface area (Å²) in [6.07, 6.45) is 0. The topological polar surface area (TPSA) is 41.1 Å². The molecule has 0 spiro atoms. The molecule has 2 aromatic rings. The largest absolute Gasteiger partial charge is 0.387 e. The smallest absolute Gasteiger partial charge is 0.253 e. The molecular formula is C15H17ClN2OS. The molecule has 1 heterocycles. The molecule has 1 amide bonds. The molecule has 1 unspecified atom stereocenters. The van der Waals surface area contributed by atoms with Crippen LogP contribution in [0.4, 0.5) is 5.69 Å². The molecule has 1 aromatic carbocycles. The average molecular weight is 309 g/mol. The molecule has 3 nitrogen and oxygen atoms in total. The van der Waals surface area contributed by atoms with Gasteiger partial charge in [0, 0.05) is 17.6 Å². The van der Waals surface area contributed by atoms with Gasteiger partial charge >= 0.3 is 0 Å². The predicted octanol–water partition coefficient (Wildman–Crippen LogP) is 4.24. The standard InChI is InChI=1S/C15H17ClN2OS/c1-9-4-5-11(12(8-9)17-3)15(19)18-10(2)13-6-7-14(16)20-13/h4-8,10,17H,1-3H3,(H,18,19). The van der Waals surface area contributed by atoms with Gasteiger partial charge in [-0.25, -0.2) is 0 Å². The molecule has 2 rings (SSSR count). The number of hydrogen-bond acceptors (Lipinski definition) is 3. The van der Waals surface area contributed by atoms with Crippen molar-refractivity contribution in [3.8, 4) is 0 Å². The number of anilines is 1. The molecule has 0 aliphatic heterocycles. The molecule has 1 aromatic heterocycles. The van der Waals surface area contributed by atoms with Crippen LogP contribution in [0.5, 0.6) is 0 Å². The van der Waals surface area contributed by atoms with Gasteiger partial charge in [-0.2, -0.15) is 0 Å². The van der Waals surface area contributed by atoms with Crippen LogP contribution >= 0.6 is 22.9 Å². The fraction of sp³-hybridized carbons (Fsp3) is 0.267. The third-order valence-corrected chi connectivity index (χ3v) is 4.47. The lowest BCUT2D eigenvalue weighted by Gasteiger charge is -2.15. The number of halogens is 1. The highest BCUT2D eigenvalue weighted by atomic mass is 35.5. The third-order valence-electron chi connectivity index (χ3n) is 3.06. The zero-order valence-corrected chi connectivity index (χ0v) is 13.2. The van der Waals surface area contributed by atoms with Gasteiger partial charge < -0.3 is 10.6 Å². The van der Waals surface area contributed by atoms with Gasteiger partial charge in [-0.15, -0.1) is 11.3 Å². The van der Waals surface area contributed by atoms with E-state index in [4.69, 9.17) is 11.6 Å². The average Bonchev–Trinajstić information content (AvgIpc) is 2.85. The molecule has 5 heteroatoms. The van der Waals surface area contributed by atoms with Crippen molar-refractivity contribution < 1.29 is 4.79 Å². The Morgan fingerprint density at radius 2 is 2.05 bits per heavy atom. The molecule has 0 saturated heterocycles. The van der Waals surface area contributed by atoms with Gasteiger partial charge in [-0.05, 0) is 43.7 Å². The molecule has 20 heavy (non-hydrogen) atoms. The second kappa shape index (κ2) is 6.29. The van der Waals surface area contributed by atoms with Crippen LogP contribution in [0.25, 0.3) is 0 Å². The van der Waals surface area contributed by atoms with Gasteiger partial charge in [0.2, 0.25) is 0 Å². The van der Waals surface area contributed by atoms with E-state index in [0.29, 0.717) is 5.56 Å². The number of thiophene rings is 1. The highest BCUT2D eigenvalue weighted by Crippen LogP contribution is 2.27. The normalized spacial score (nSPS) is 12.0. The Morgan fingerprint density at radius 3 is 2.65 bits per heavy atom. The molecule has 2 N–H and O–H groups in total. The van der Waals surface area contributed by atoms with E-state index in [9.17, 15) is 4.79 Å². The van der Waals surface area contributed by atoms with Crippen LogP contribution in [-0.2, 0) is 0 Å². The number of benzene rings is 1. The van der Waals surface area contributed by atoms with E-state index in [1.165, 1.54) is 11.3 Å². The molecule has 1 atom stereocenters. The fourth-order valence-corrected chi connectivity index (χ4v) is 3.03. The highest BCUT2D eigenvalue weighted by molar-refractivity contribution is 7.16. The number of hydrogen-bond donors (Lipinski definition) is 2. The fourth-order valence-electron chi connectivity index (χ4n) is 1.97. The number of carbonyl (C=O) groups is 1. The second-order valence-corrected chi connectivity index (χ2v) is 6.38. The van der Waals surface area contributed by atoms with E-state index in [2.05, 4.69) is 10.6 Å². The number of rotatable bonds is 4. The summed E-state index contributed by atoms with van der Waals surface area (Å²) < 4.78 is 0.729.